The molecule has 0 aromatic carbocycles. The molecule has 1 heterocycles. The lowest BCUT2D eigenvalue weighted by atomic mass is 9.90. The van der Waals surface area contributed by atoms with E-state index in [1.54, 1.807) is 4.90 Å². The lowest BCUT2D eigenvalue weighted by Crippen LogP contribution is -2.27. The predicted molar refractivity (Wildman–Crippen MR) is 36.1 cm³/mol. The van der Waals surface area contributed by atoms with Gasteiger partial charge < -0.3 is 4.90 Å². The zero-order chi connectivity index (χ0) is 6.69. The van der Waals surface area contributed by atoms with E-state index in [-0.39, 0.29) is 0 Å². The topological polar surface area (TPSA) is 20.3 Å². The van der Waals surface area contributed by atoms with Gasteiger partial charge in [-0.25, -0.2) is 0 Å². The fourth-order valence-corrected chi connectivity index (χ4v) is 0.796. The molecule has 2 radical (unpaired) electrons. The SMILES string of the molecule is [B]C1=CCN(C=O)CC1. The van der Waals surface area contributed by atoms with E-state index < -0.39 is 0 Å². The van der Waals surface area contributed by atoms with Crippen LogP contribution in [0.1, 0.15) is 6.42 Å². The smallest absolute Gasteiger partial charge is 0.209 e. The lowest BCUT2D eigenvalue weighted by Gasteiger charge is -2.20. The highest BCUT2D eigenvalue weighted by atomic mass is 16.1. The van der Waals surface area contributed by atoms with E-state index in [9.17, 15) is 4.79 Å². The second kappa shape index (κ2) is 2.71. The third kappa shape index (κ3) is 1.59. The molecule has 0 unspecified atom stereocenters. The minimum atomic E-state index is 0.676. The molecule has 0 saturated carbocycles. The molecule has 1 aliphatic rings. The largest absolute Gasteiger partial charge is 0.341 e. The highest BCUT2D eigenvalue weighted by Gasteiger charge is 2.04. The number of carbonyl (C=O) groups excluding carboxylic acids is 1. The van der Waals surface area contributed by atoms with E-state index in [0.29, 0.717) is 6.54 Å². The fraction of sp³-hybridized carbons (Fsp3) is 0.500. The molecule has 0 fully saturated rings. The number of hydrogen-bond donors (Lipinski definition) is 0. The van der Waals surface area contributed by atoms with Crippen molar-refractivity contribution in [2.75, 3.05) is 13.1 Å². The maximum atomic E-state index is 10.1. The molecular weight excluding hydrogens is 113 g/mol. The van der Waals surface area contributed by atoms with Crippen LogP contribution in [0.15, 0.2) is 11.5 Å². The van der Waals surface area contributed by atoms with Crippen molar-refractivity contribution in [3.8, 4) is 0 Å². The second-order valence-electron chi connectivity index (χ2n) is 2.13. The molecule has 2 nitrogen and oxygen atoms in total. The third-order valence-corrected chi connectivity index (χ3v) is 1.42. The molecule has 0 atom stereocenters. The monoisotopic (exact) mass is 121 g/mol. The average molecular weight is 121 g/mol. The summed E-state index contributed by atoms with van der Waals surface area (Å²) in [5.41, 5.74) is 0.896. The van der Waals surface area contributed by atoms with Gasteiger partial charge in [-0.15, -0.1) is 5.47 Å². The van der Waals surface area contributed by atoms with Crippen molar-refractivity contribution < 1.29 is 4.79 Å². The van der Waals surface area contributed by atoms with Gasteiger partial charge in [-0.05, 0) is 6.42 Å². The van der Waals surface area contributed by atoms with Crippen molar-refractivity contribution in [3.63, 3.8) is 0 Å². The van der Waals surface area contributed by atoms with E-state index in [4.69, 9.17) is 7.85 Å². The summed E-state index contributed by atoms with van der Waals surface area (Å²) in [7, 11) is 5.47. The van der Waals surface area contributed by atoms with Crippen molar-refractivity contribution >= 4 is 14.3 Å². The summed E-state index contributed by atoms with van der Waals surface area (Å²) in [6.07, 6.45) is 3.54. The van der Waals surface area contributed by atoms with E-state index in [1.807, 2.05) is 6.08 Å². The molecule has 0 spiro atoms. The van der Waals surface area contributed by atoms with Crippen molar-refractivity contribution in [1.29, 1.82) is 0 Å². The Morgan fingerprint density at radius 3 is 3.00 bits per heavy atom. The molecule has 9 heavy (non-hydrogen) atoms. The van der Waals surface area contributed by atoms with Crippen molar-refractivity contribution in [3.05, 3.63) is 11.5 Å². The van der Waals surface area contributed by atoms with Crippen LogP contribution < -0.4 is 0 Å². The first-order valence-corrected chi connectivity index (χ1v) is 2.97. The minimum Gasteiger partial charge on any atom is -0.341 e. The van der Waals surface area contributed by atoms with Gasteiger partial charge in [-0.3, -0.25) is 4.79 Å². The summed E-state index contributed by atoms with van der Waals surface area (Å²) in [6.45, 7) is 1.45. The molecule has 0 bridgehead atoms. The lowest BCUT2D eigenvalue weighted by molar-refractivity contribution is -0.117. The molecule has 1 amide bonds. The maximum absolute atomic E-state index is 10.1. The van der Waals surface area contributed by atoms with Gasteiger partial charge in [0, 0.05) is 13.1 Å². The molecule has 0 aromatic rings. The molecule has 0 aliphatic carbocycles. The Balaban J connectivity index is 2.45. The maximum Gasteiger partial charge on any atom is 0.209 e. The Labute approximate surface area is 55.9 Å². The summed E-state index contributed by atoms with van der Waals surface area (Å²) in [4.78, 5) is 11.8. The standard InChI is InChI=1S/C6H8BNO/c7-6-1-3-8(5-9)4-2-6/h1,5H,2-4H2. The summed E-state index contributed by atoms with van der Waals surface area (Å²) in [5.74, 6) is 0. The Bertz CT molecular complexity index is 144. The van der Waals surface area contributed by atoms with Gasteiger partial charge >= 0.3 is 0 Å². The summed E-state index contributed by atoms with van der Waals surface area (Å²) >= 11 is 0. The number of amides is 1. The Morgan fingerprint density at radius 1 is 1.78 bits per heavy atom. The molecule has 1 rings (SSSR count). The molecule has 1 aliphatic heterocycles. The Hall–Kier alpha value is -0.725. The van der Waals surface area contributed by atoms with Crippen LogP contribution in [0.3, 0.4) is 0 Å². The van der Waals surface area contributed by atoms with E-state index >= 15 is 0 Å². The highest BCUT2D eigenvalue weighted by molar-refractivity contribution is 6.21. The van der Waals surface area contributed by atoms with Crippen LogP contribution in [-0.4, -0.2) is 32.2 Å². The highest BCUT2D eigenvalue weighted by Crippen LogP contribution is 2.03. The first-order chi connectivity index (χ1) is 4.33. The minimum absolute atomic E-state index is 0.676. The van der Waals surface area contributed by atoms with Gasteiger partial charge in [-0.1, -0.05) is 6.08 Å². The predicted octanol–water partition coefficient (Wildman–Crippen LogP) is -0.0991. The van der Waals surface area contributed by atoms with Crippen LogP contribution in [0.5, 0.6) is 0 Å². The molecule has 0 saturated heterocycles. The third-order valence-electron chi connectivity index (χ3n) is 1.42. The molecule has 0 N–H and O–H groups in total. The number of carbonyl (C=O) groups is 1. The van der Waals surface area contributed by atoms with Crippen LogP contribution in [0.4, 0.5) is 0 Å². The van der Waals surface area contributed by atoms with Crippen LogP contribution >= 0.6 is 0 Å². The van der Waals surface area contributed by atoms with Gasteiger partial charge in [0.25, 0.3) is 0 Å². The van der Waals surface area contributed by atoms with Crippen LogP contribution in [-0.2, 0) is 4.79 Å². The molecule has 3 heteroatoms. The Kier molecular flexibility index (Phi) is 1.93. The summed E-state index contributed by atoms with van der Waals surface area (Å²) in [5, 5.41) is 0. The van der Waals surface area contributed by atoms with Crippen molar-refractivity contribution in [2.24, 2.45) is 0 Å². The fourth-order valence-electron chi connectivity index (χ4n) is 0.796. The summed E-state index contributed by atoms with van der Waals surface area (Å²) in [6, 6.07) is 0. The van der Waals surface area contributed by atoms with E-state index in [1.165, 1.54) is 0 Å². The van der Waals surface area contributed by atoms with Crippen LogP contribution in [0.25, 0.3) is 0 Å². The average Bonchev–Trinajstić information content (AvgIpc) is 1.90. The number of rotatable bonds is 1. The van der Waals surface area contributed by atoms with Crippen molar-refractivity contribution in [1.82, 2.24) is 4.90 Å². The van der Waals surface area contributed by atoms with Gasteiger partial charge in [0.1, 0.15) is 7.85 Å². The first kappa shape index (κ1) is 6.40. The summed E-state index contributed by atoms with van der Waals surface area (Å²) < 4.78 is 0. The molecular formula is C6H8BNO. The number of hydrogen-bond acceptors (Lipinski definition) is 1. The van der Waals surface area contributed by atoms with Gasteiger partial charge in [0.15, 0.2) is 0 Å². The Morgan fingerprint density at radius 2 is 2.56 bits per heavy atom. The van der Waals surface area contributed by atoms with Gasteiger partial charge in [-0.2, -0.15) is 0 Å². The van der Waals surface area contributed by atoms with E-state index in [2.05, 4.69) is 0 Å². The second-order valence-corrected chi connectivity index (χ2v) is 2.13. The number of nitrogens with zero attached hydrogens (tertiary/aromatic N) is 1. The van der Waals surface area contributed by atoms with Crippen molar-refractivity contribution in [2.45, 2.75) is 6.42 Å². The zero-order valence-electron chi connectivity index (χ0n) is 5.21. The van der Waals surface area contributed by atoms with Crippen LogP contribution in [0, 0.1) is 0 Å². The molecule has 46 valence electrons. The first-order valence-electron chi connectivity index (χ1n) is 2.97. The van der Waals surface area contributed by atoms with Crippen LogP contribution in [0.2, 0.25) is 0 Å². The normalized spacial score (nSPS) is 19.1. The molecule has 0 aromatic heterocycles. The van der Waals surface area contributed by atoms with Gasteiger partial charge in [0.2, 0.25) is 6.41 Å². The zero-order valence-corrected chi connectivity index (χ0v) is 5.21. The quantitative estimate of drug-likeness (QED) is 0.350. The van der Waals surface area contributed by atoms with E-state index in [0.717, 1.165) is 24.8 Å². The van der Waals surface area contributed by atoms with Gasteiger partial charge in [0.05, 0.1) is 0 Å².